The quantitative estimate of drug-likeness (QED) is 0.386. The normalized spacial score (nSPS) is 24.0. The van der Waals surface area contributed by atoms with Crippen molar-refractivity contribution >= 4 is 0 Å². The molecule has 0 amide bonds. The Labute approximate surface area is 26.0 Å². The highest BCUT2D eigenvalue weighted by Crippen LogP contribution is 1.80. The van der Waals surface area contributed by atoms with Crippen LogP contribution in [0, 0.1) is 0 Å². The van der Waals surface area contributed by atoms with Gasteiger partial charge in [0.15, 0.2) is 0 Å². The van der Waals surface area contributed by atoms with E-state index in [1.54, 1.807) is 0 Å². The van der Waals surface area contributed by atoms with Gasteiger partial charge in [-0.3, -0.25) is 0 Å². The van der Waals surface area contributed by atoms with E-state index in [4.69, 9.17) is 0 Å². The highest BCUT2D eigenvalue weighted by molar-refractivity contribution is 4.56. The van der Waals surface area contributed by atoms with E-state index in [0.717, 1.165) is 0 Å². The molecule has 0 atom stereocenters. The zero-order valence-corrected chi connectivity index (χ0v) is 2.62. The molecule has 4 heavy (non-hydrogen) atoms. The van der Waals surface area contributed by atoms with Crippen LogP contribution in [-0.4, -0.2) is 13.1 Å². The molecule has 1 rings (SSSR count). The molecule has 0 bridgehead atoms. The van der Waals surface area contributed by atoms with Crippen LogP contribution in [0.5, 0.6) is 0 Å². The maximum absolute atomic E-state index is 3.11. The molecule has 1 heteroatoms. The fourth-order valence-corrected chi connectivity index (χ4v) is 0.177. The van der Waals surface area contributed by atoms with E-state index < -0.39 is 0 Å². The molecular weight excluding hydrogens is 51.0 g/mol. The van der Waals surface area contributed by atoms with Crippen LogP contribution in [0.3, 0.4) is 0 Å². The molecule has 0 aromatic carbocycles. The minimum absolute atomic E-state index is 1.25. The number of hydrogen-bond donors (Lipinski definition) is 1. The molecule has 0 saturated carbocycles. The van der Waals surface area contributed by atoms with Crippen LogP contribution in [0.25, 0.3) is 0 Å². The second kappa shape index (κ2) is 0.725. The smallest absolute Gasteiger partial charge is 0.00368 e. The summed E-state index contributed by atoms with van der Waals surface area (Å²) < 4.78 is 0. The minimum Gasteiger partial charge on any atom is -0.317 e. The summed E-state index contributed by atoms with van der Waals surface area (Å²) in [6, 6.07) is 0. The summed E-state index contributed by atoms with van der Waals surface area (Å²) in [4.78, 5) is 0. The summed E-state index contributed by atoms with van der Waals surface area (Å²) in [6.07, 6.45) is 1.39. The van der Waals surface area contributed by atoms with Crippen molar-refractivity contribution in [2.75, 3.05) is 13.1 Å². The fourth-order valence-electron chi connectivity index (χ4n) is 0.177. The first-order chi connectivity index (χ1) is 2.00. The zero-order chi connectivity index (χ0) is 2.83. The predicted octanol–water partition coefficient (Wildman–Crippen LogP) is -0.0203. The van der Waals surface area contributed by atoms with Gasteiger partial charge in [0.2, 0.25) is 0 Å². The van der Waals surface area contributed by atoms with E-state index in [1.165, 1.54) is 19.5 Å². The Morgan fingerprint density at radius 1 is 1.25 bits per heavy atom. The van der Waals surface area contributed by atoms with Gasteiger partial charge in [0.25, 0.3) is 0 Å². The highest BCUT2D eigenvalue weighted by atomic mass is 15.1. The van der Waals surface area contributed by atoms with Crippen LogP contribution >= 0.6 is 0 Å². The van der Waals surface area contributed by atoms with Crippen LogP contribution in [-0.2, 0) is 0 Å². The number of nitrogens with one attached hydrogen (secondary N) is 1. The third kappa shape index (κ3) is 0.115. The molecule has 0 spiro atoms. The second-order valence-electron chi connectivity index (χ2n) is 1.10. The lowest BCUT2D eigenvalue weighted by molar-refractivity contribution is 0.527. The SMILES string of the molecule is C1CN[13CH2]1. The summed E-state index contributed by atoms with van der Waals surface area (Å²) in [7, 11) is 0. The van der Waals surface area contributed by atoms with Gasteiger partial charge in [-0.25, -0.2) is 0 Å². The molecule has 0 aromatic rings. The second-order valence-corrected chi connectivity index (χ2v) is 1.10. The van der Waals surface area contributed by atoms with Crippen LogP contribution in [0.4, 0.5) is 0 Å². The molecule has 24 valence electrons. The first-order valence-corrected chi connectivity index (χ1v) is 1.71. The van der Waals surface area contributed by atoms with Gasteiger partial charge in [0, 0.05) is 0 Å². The van der Waals surface area contributed by atoms with Crippen molar-refractivity contribution in [2.45, 2.75) is 6.42 Å². The summed E-state index contributed by atoms with van der Waals surface area (Å²) in [5.74, 6) is 0. The molecule has 1 aliphatic rings. The largest absolute Gasteiger partial charge is 0.317 e. The Bertz CT molecular complexity index is 11.2. The topological polar surface area (TPSA) is 12.0 Å². The monoisotopic (exact) mass is 58.1 g/mol. The van der Waals surface area contributed by atoms with E-state index in [-0.39, 0.29) is 0 Å². The van der Waals surface area contributed by atoms with Crippen LogP contribution in [0.1, 0.15) is 6.42 Å². The van der Waals surface area contributed by atoms with Crippen LogP contribution < -0.4 is 5.32 Å². The number of hydrogen-bond acceptors (Lipinski definition) is 1. The maximum Gasteiger partial charge on any atom is -0.00368 e. The number of rotatable bonds is 0. The molecule has 1 heterocycles. The third-order valence-electron chi connectivity index (χ3n) is 0.707. The van der Waals surface area contributed by atoms with Crippen molar-refractivity contribution in [3.63, 3.8) is 0 Å². The molecule has 1 N–H and O–H groups in total. The van der Waals surface area contributed by atoms with Gasteiger partial charge in [-0.2, -0.15) is 0 Å². The highest BCUT2D eigenvalue weighted by Gasteiger charge is 1.92. The standard InChI is InChI=1S/C3H7N/c1-2-4-3-1/h4H,1-3H2/i2+1. The van der Waals surface area contributed by atoms with Crippen LogP contribution in [0.15, 0.2) is 0 Å². The lowest BCUT2D eigenvalue weighted by Gasteiger charge is -2.09. The Morgan fingerprint density at radius 3 is 1.50 bits per heavy atom. The minimum atomic E-state index is 1.25. The summed E-state index contributed by atoms with van der Waals surface area (Å²) in [5.41, 5.74) is 0. The van der Waals surface area contributed by atoms with Gasteiger partial charge in [-0.05, 0) is 19.5 Å². The average molecular weight is 58.1 g/mol. The Kier molecular flexibility index (Phi) is 0.401. The van der Waals surface area contributed by atoms with Gasteiger partial charge >= 0.3 is 0 Å². The molecule has 0 unspecified atom stereocenters. The van der Waals surface area contributed by atoms with Gasteiger partial charge in [0.05, 0.1) is 0 Å². The van der Waals surface area contributed by atoms with Crippen molar-refractivity contribution in [1.29, 1.82) is 0 Å². The van der Waals surface area contributed by atoms with E-state index in [2.05, 4.69) is 5.32 Å². The molecule has 0 aliphatic carbocycles. The summed E-state index contributed by atoms with van der Waals surface area (Å²) in [5, 5.41) is 3.11. The Balaban J connectivity index is 2.00. The molecular formula is C3H7N. The van der Waals surface area contributed by atoms with Crippen molar-refractivity contribution in [3.05, 3.63) is 0 Å². The summed E-state index contributed by atoms with van der Waals surface area (Å²) in [6.45, 7) is 2.50. The van der Waals surface area contributed by atoms with Crippen molar-refractivity contribution < 1.29 is 0 Å². The van der Waals surface area contributed by atoms with E-state index in [1.807, 2.05) is 0 Å². The zero-order valence-electron chi connectivity index (χ0n) is 2.62. The summed E-state index contributed by atoms with van der Waals surface area (Å²) >= 11 is 0. The lowest BCUT2D eigenvalue weighted by Crippen LogP contribution is -2.29. The van der Waals surface area contributed by atoms with E-state index in [9.17, 15) is 0 Å². The molecule has 1 saturated heterocycles. The Morgan fingerprint density at radius 2 is 1.50 bits per heavy atom. The van der Waals surface area contributed by atoms with Gasteiger partial charge in [-0.1, -0.05) is 0 Å². The Hall–Kier alpha value is -0.0400. The third-order valence-corrected chi connectivity index (χ3v) is 0.707. The first kappa shape index (κ1) is 2.21. The molecule has 1 nitrogen and oxygen atoms in total. The lowest BCUT2D eigenvalue weighted by atomic mass is 10.5. The van der Waals surface area contributed by atoms with Gasteiger partial charge in [0.1, 0.15) is 0 Å². The predicted molar refractivity (Wildman–Crippen MR) is 17.5 cm³/mol. The average Bonchev–Trinajstić information content (AvgIpc) is 0.722. The van der Waals surface area contributed by atoms with Crippen LogP contribution in [0.2, 0.25) is 0 Å². The van der Waals surface area contributed by atoms with Crippen molar-refractivity contribution in [2.24, 2.45) is 0 Å². The van der Waals surface area contributed by atoms with E-state index >= 15 is 0 Å². The van der Waals surface area contributed by atoms with Gasteiger partial charge in [-0.15, -0.1) is 0 Å². The van der Waals surface area contributed by atoms with Crippen molar-refractivity contribution in [1.82, 2.24) is 5.32 Å². The fraction of sp³-hybridized carbons (Fsp3) is 1.00. The molecule has 0 radical (unpaired) electrons. The maximum atomic E-state index is 3.11. The van der Waals surface area contributed by atoms with Crippen molar-refractivity contribution in [3.8, 4) is 0 Å². The van der Waals surface area contributed by atoms with Gasteiger partial charge < -0.3 is 5.32 Å². The molecule has 1 aliphatic heterocycles. The van der Waals surface area contributed by atoms with E-state index in [0.29, 0.717) is 0 Å². The first-order valence-electron chi connectivity index (χ1n) is 1.71. The molecule has 0 aromatic heterocycles. The molecule has 1 fully saturated rings.